The third kappa shape index (κ3) is 5.87. The minimum absolute atomic E-state index is 0. The number of hydrogen-bond donors (Lipinski definition) is 2. The maximum atomic E-state index is 14.2. The highest BCUT2D eigenvalue weighted by Crippen LogP contribution is 2.74. The number of likely N-dealkylation sites (N-methyl/N-ethyl adjacent to an activating group) is 1. The number of allylic oxidation sites excluding steroid dienone is 1. The molecule has 1 spiro atoms. The summed E-state index contributed by atoms with van der Waals surface area (Å²) in [5, 5.41) is 31.2. The number of Topliss-reactive ketones (excluding diaryl/α,β-unsaturated/α-hetero) is 1. The zero-order chi connectivity index (χ0) is 37.7. The van der Waals surface area contributed by atoms with Crippen LogP contribution in [0.1, 0.15) is 55.2 Å². The van der Waals surface area contributed by atoms with Gasteiger partial charge in [-0.1, -0.05) is 65.7 Å². The number of carbonyl (C=O) groups is 2. The molecular formula is C40H39Cl3F3N3O5. The molecular weight excluding hydrogens is 766 g/mol. The summed E-state index contributed by atoms with van der Waals surface area (Å²) in [6.45, 7) is 0.597. The summed E-state index contributed by atoms with van der Waals surface area (Å²) in [7, 11) is 1.54. The van der Waals surface area contributed by atoms with E-state index in [9.17, 15) is 38.2 Å². The van der Waals surface area contributed by atoms with Crippen LogP contribution in [-0.2, 0) is 26.9 Å². The Labute approximate surface area is 327 Å². The van der Waals surface area contributed by atoms with Crippen LogP contribution < -0.4 is 0 Å². The van der Waals surface area contributed by atoms with Crippen molar-refractivity contribution in [3.8, 4) is 6.07 Å². The van der Waals surface area contributed by atoms with Gasteiger partial charge in [0.1, 0.15) is 0 Å². The number of likely N-dealkylation sites (tertiary alicyclic amines) is 1. The first-order chi connectivity index (χ1) is 25.0. The molecule has 2 aliphatic heterocycles. The summed E-state index contributed by atoms with van der Waals surface area (Å²) >= 11 is 14.3. The number of benzene rings is 2. The van der Waals surface area contributed by atoms with Gasteiger partial charge in [0.25, 0.3) is 0 Å². The standard InChI is InChI=1S/C40H38Cl2F3N3O5.ClH/c1-47(33(50)13-12-24-8-5-9-26(16-24)40(43,44)45)30-14-15-37(51)32-18-28-29(31(49)17-23-6-3-2-4-7-23)20-38(41,52)39(42)34(28)36(37,35(30)53-39)19-27(21-46)48(32)22-25-10-11-25;/h2-9,12-13,16,20,25,27,30,32,35,51-52H,10-11,14-15,17-19,22H2,1H3;1H/t27?,30-,32+,35-,36-,37+,38?,39?;/m0./s1. The van der Waals surface area contributed by atoms with Gasteiger partial charge in [-0.05, 0) is 91.0 Å². The van der Waals surface area contributed by atoms with Gasteiger partial charge in [-0.2, -0.15) is 18.4 Å². The van der Waals surface area contributed by atoms with E-state index in [0.717, 1.165) is 30.5 Å². The van der Waals surface area contributed by atoms with E-state index in [1.165, 1.54) is 42.3 Å². The molecule has 286 valence electrons. The lowest BCUT2D eigenvalue weighted by Crippen LogP contribution is -2.77. The highest BCUT2D eigenvalue weighted by Gasteiger charge is 2.81. The van der Waals surface area contributed by atoms with E-state index in [2.05, 4.69) is 11.0 Å². The summed E-state index contributed by atoms with van der Waals surface area (Å²) in [6.07, 6.45) is 0.774. The van der Waals surface area contributed by atoms with Crippen molar-refractivity contribution in [2.75, 3.05) is 13.6 Å². The van der Waals surface area contributed by atoms with Crippen molar-refractivity contribution in [3.63, 3.8) is 0 Å². The summed E-state index contributed by atoms with van der Waals surface area (Å²) in [6, 6.07) is 14.2. The van der Waals surface area contributed by atoms with E-state index in [4.69, 9.17) is 27.9 Å². The zero-order valence-corrected chi connectivity index (χ0v) is 31.6. The van der Waals surface area contributed by atoms with Crippen LogP contribution in [0.5, 0.6) is 0 Å². The molecule has 2 saturated carbocycles. The van der Waals surface area contributed by atoms with Crippen molar-refractivity contribution < 1.29 is 37.7 Å². The Hall–Kier alpha value is -3.21. The highest BCUT2D eigenvalue weighted by molar-refractivity contribution is 6.36. The first-order valence-electron chi connectivity index (χ1n) is 17.9. The fourth-order valence-electron chi connectivity index (χ4n) is 9.83. The Morgan fingerprint density at radius 3 is 2.50 bits per heavy atom. The molecule has 2 N–H and O–H groups in total. The number of ether oxygens (including phenoxy) is 1. The minimum atomic E-state index is -4.55. The molecule has 8 atom stereocenters. The van der Waals surface area contributed by atoms with E-state index in [0.29, 0.717) is 18.0 Å². The van der Waals surface area contributed by atoms with Crippen LogP contribution in [0.25, 0.3) is 6.08 Å². The second kappa shape index (κ2) is 13.5. The van der Waals surface area contributed by atoms with Crippen molar-refractivity contribution in [1.29, 1.82) is 5.26 Å². The number of halogens is 6. The van der Waals surface area contributed by atoms with Gasteiger partial charge >= 0.3 is 6.18 Å². The summed E-state index contributed by atoms with van der Waals surface area (Å²) in [4.78, 5) is 31.5. The average molecular weight is 805 g/mol. The molecule has 2 heterocycles. The zero-order valence-electron chi connectivity index (χ0n) is 29.2. The molecule has 0 radical (unpaired) electrons. The maximum Gasteiger partial charge on any atom is 0.416 e. The molecule has 4 aliphatic carbocycles. The summed E-state index contributed by atoms with van der Waals surface area (Å²) in [5.41, 5.74) is -1.90. The van der Waals surface area contributed by atoms with E-state index >= 15 is 0 Å². The van der Waals surface area contributed by atoms with Crippen LogP contribution in [0.15, 0.2) is 83.5 Å². The van der Waals surface area contributed by atoms with Gasteiger partial charge in [0, 0.05) is 37.7 Å². The second-order valence-corrected chi connectivity index (χ2v) is 16.5. The first-order valence-corrected chi connectivity index (χ1v) is 18.6. The van der Waals surface area contributed by atoms with Crippen LogP contribution in [0, 0.1) is 22.7 Å². The number of carbonyl (C=O) groups excluding carboxylic acids is 2. The summed E-state index contributed by atoms with van der Waals surface area (Å²) < 4.78 is 46.8. The highest BCUT2D eigenvalue weighted by atomic mass is 35.5. The Balaban J connectivity index is 0.00000450. The lowest BCUT2D eigenvalue weighted by atomic mass is 9.45. The molecule has 54 heavy (non-hydrogen) atoms. The smallest absolute Gasteiger partial charge is 0.387 e. The minimum Gasteiger partial charge on any atom is -0.387 e. The molecule has 2 bridgehead atoms. The van der Waals surface area contributed by atoms with Crippen molar-refractivity contribution >= 4 is 53.4 Å². The topological polar surface area (TPSA) is 114 Å². The van der Waals surface area contributed by atoms with E-state index in [1.54, 1.807) is 0 Å². The van der Waals surface area contributed by atoms with Gasteiger partial charge in [0.15, 0.2) is 5.78 Å². The monoisotopic (exact) mass is 803 g/mol. The van der Waals surface area contributed by atoms with Crippen LogP contribution in [-0.4, -0.2) is 85.2 Å². The van der Waals surface area contributed by atoms with E-state index in [-0.39, 0.29) is 67.0 Å². The fourth-order valence-corrected chi connectivity index (χ4v) is 10.5. The largest absolute Gasteiger partial charge is 0.416 e. The predicted octanol–water partition coefficient (Wildman–Crippen LogP) is 6.57. The molecule has 4 fully saturated rings. The molecule has 6 aliphatic rings. The molecule has 3 unspecified atom stereocenters. The number of nitriles is 1. The van der Waals surface area contributed by atoms with Gasteiger partial charge in [0.05, 0.1) is 40.8 Å². The Bertz CT molecular complexity index is 2010. The number of ketones is 1. The first kappa shape index (κ1) is 39.0. The number of hydrogen-bond acceptors (Lipinski definition) is 7. The number of amides is 1. The Kier molecular flexibility index (Phi) is 9.74. The van der Waals surface area contributed by atoms with Crippen molar-refractivity contribution in [3.05, 3.63) is 100 Å². The molecule has 14 heteroatoms. The van der Waals surface area contributed by atoms with Gasteiger partial charge in [-0.3, -0.25) is 14.5 Å². The molecule has 1 amide bonds. The Morgan fingerprint density at radius 1 is 1.11 bits per heavy atom. The van der Waals surface area contributed by atoms with Crippen molar-refractivity contribution in [1.82, 2.24) is 9.80 Å². The van der Waals surface area contributed by atoms with Crippen molar-refractivity contribution in [2.45, 2.75) is 91.1 Å². The number of rotatable bonds is 8. The average Bonchev–Trinajstić information content (AvgIpc) is 3.89. The predicted molar refractivity (Wildman–Crippen MR) is 197 cm³/mol. The van der Waals surface area contributed by atoms with Gasteiger partial charge in [-0.25, -0.2) is 0 Å². The quantitative estimate of drug-likeness (QED) is 0.230. The molecule has 2 aromatic carbocycles. The third-order valence-electron chi connectivity index (χ3n) is 12.5. The van der Waals surface area contributed by atoms with Crippen LogP contribution in [0.4, 0.5) is 13.2 Å². The number of piperidine rings is 1. The van der Waals surface area contributed by atoms with Crippen molar-refractivity contribution in [2.24, 2.45) is 11.3 Å². The van der Waals surface area contributed by atoms with Gasteiger partial charge in [-0.15, -0.1) is 12.4 Å². The maximum absolute atomic E-state index is 14.2. The normalized spacial score (nSPS) is 35.5. The molecule has 8 rings (SSSR count). The van der Waals surface area contributed by atoms with Crippen LogP contribution in [0.3, 0.4) is 0 Å². The van der Waals surface area contributed by atoms with Crippen LogP contribution >= 0.6 is 35.6 Å². The number of nitrogens with zero attached hydrogens (tertiary/aromatic N) is 3. The van der Waals surface area contributed by atoms with Gasteiger partial charge < -0.3 is 19.8 Å². The van der Waals surface area contributed by atoms with Crippen LogP contribution in [0.2, 0.25) is 0 Å². The fraction of sp³-hybridized carbons (Fsp3) is 0.475. The molecule has 2 aromatic rings. The van der Waals surface area contributed by atoms with E-state index in [1.807, 2.05) is 30.3 Å². The number of alkyl halides is 5. The lowest BCUT2D eigenvalue weighted by molar-refractivity contribution is -0.232. The molecule has 2 saturated heterocycles. The second-order valence-electron chi connectivity index (χ2n) is 15.4. The SMILES string of the molecule is CN(C(=O)C=Cc1cccc(C(F)(F)F)c1)[C@H]1CC[C@@]2(O)[C@H]3CC4=C5C(Cl)(O[C@@H]1[C@]52CC(C#N)N3CC1CC1)C(O)(Cl)C=C4C(=O)Cc1ccccc1.Cl. The Morgan fingerprint density at radius 2 is 1.83 bits per heavy atom. The van der Waals surface area contributed by atoms with Gasteiger partial charge in [0.2, 0.25) is 16.0 Å². The van der Waals surface area contributed by atoms with E-state index < -0.39 is 63.0 Å². The third-order valence-corrected chi connectivity index (χ3v) is 13.5. The molecule has 8 nitrogen and oxygen atoms in total. The molecule has 0 aromatic heterocycles. The summed E-state index contributed by atoms with van der Waals surface area (Å²) in [5.74, 6) is -0.469. The number of aliphatic hydroxyl groups is 2. The lowest BCUT2D eigenvalue weighted by Gasteiger charge is -2.66.